The quantitative estimate of drug-likeness (QED) is 0.830. The van der Waals surface area contributed by atoms with Gasteiger partial charge >= 0.3 is 0 Å². The number of carbonyl (C=O) groups is 2. The number of nitrogens with zero attached hydrogens (tertiary/aromatic N) is 4. The van der Waals surface area contributed by atoms with Gasteiger partial charge in [0.05, 0.1) is 24.1 Å². The molecule has 1 unspecified atom stereocenters. The number of hydrogen-bond donors (Lipinski definition) is 0. The number of piperidine rings is 2. The maximum absolute atomic E-state index is 12.6. The molecule has 0 N–H and O–H groups in total. The van der Waals surface area contributed by atoms with Crippen LogP contribution in [-0.2, 0) is 16.1 Å². The van der Waals surface area contributed by atoms with E-state index >= 15 is 0 Å². The highest BCUT2D eigenvalue weighted by atomic mass is 16.2. The molecule has 140 valence electrons. The van der Waals surface area contributed by atoms with Gasteiger partial charge in [-0.25, -0.2) is 0 Å². The Hall–Kier alpha value is -1.98. The Morgan fingerprint density at radius 2 is 2.08 bits per heavy atom. The van der Waals surface area contributed by atoms with E-state index in [0.717, 1.165) is 56.7 Å². The van der Waals surface area contributed by atoms with Gasteiger partial charge in [-0.15, -0.1) is 0 Å². The lowest BCUT2D eigenvalue weighted by Gasteiger charge is -2.48. The van der Waals surface area contributed by atoms with E-state index in [4.69, 9.17) is 0 Å². The zero-order valence-corrected chi connectivity index (χ0v) is 15.6. The minimum absolute atomic E-state index is 0.0590. The second-order valence-corrected chi connectivity index (χ2v) is 8.47. The molecule has 1 aromatic heterocycles. The first-order valence-corrected chi connectivity index (χ1v) is 9.86. The summed E-state index contributed by atoms with van der Waals surface area (Å²) < 4.78 is 0. The Kier molecular flexibility index (Phi) is 4.67. The molecule has 6 heteroatoms. The van der Waals surface area contributed by atoms with Crippen molar-refractivity contribution >= 4 is 11.8 Å². The summed E-state index contributed by atoms with van der Waals surface area (Å²) in [4.78, 5) is 37.7. The van der Waals surface area contributed by atoms with Gasteiger partial charge in [-0.2, -0.15) is 0 Å². The van der Waals surface area contributed by atoms with Crippen molar-refractivity contribution in [1.29, 1.82) is 0 Å². The number of carbonyl (C=O) groups excluding carboxylic acids is 2. The maximum atomic E-state index is 12.6. The minimum atomic E-state index is 0.0590. The van der Waals surface area contributed by atoms with Crippen LogP contribution < -0.4 is 0 Å². The molecule has 26 heavy (non-hydrogen) atoms. The van der Waals surface area contributed by atoms with E-state index in [1.54, 1.807) is 12.4 Å². The highest BCUT2D eigenvalue weighted by Gasteiger charge is 2.43. The molecule has 2 amide bonds. The van der Waals surface area contributed by atoms with Crippen LogP contribution in [0.25, 0.3) is 0 Å². The third kappa shape index (κ3) is 3.89. The molecule has 1 aliphatic carbocycles. The molecule has 2 saturated heterocycles. The number of rotatable bonds is 4. The van der Waals surface area contributed by atoms with E-state index in [-0.39, 0.29) is 11.3 Å². The Balaban J connectivity index is 1.42. The number of aryl methyl sites for hydroxylation is 1. The molecule has 1 saturated carbocycles. The Morgan fingerprint density at radius 1 is 1.23 bits per heavy atom. The predicted octanol–water partition coefficient (Wildman–Crippen LogP) is 2.32. The molecule has 3 aliphatic rings. The standard InChI is InChI=1S/C20H28N4O2/c1-15-10-22-17(11-21-15)12-24-14-20(7-5-18(24)25)6-2-8-23(13-20)19(26)9-16-3-4-16/h10-11,16H,2-9,12-14H2,1H3. The molecule has 0 radical (unpaired) electrons. The van der Waals surface area contributed by atoms with E-state index in [1.165, 1.54) is 12.8 Å². The smallest absolute Gasteiger partial charge is 0.222 e. The summed E-state index contributed by atoms with van der Waals surface area (Å²) in [6.07, 6.45) is 10.3. The van der Waals surface area contributed by atoms with Crippen LogP contribution in [0.15, 0.2) is 12.4 Å². The van der Waals surface area contributed by atoms with Gasteiger partial charge in [0.15, 0.2) is 0 Å². The lowest BCUT2D eigenvalue weighted by molar-refractivity contribution is -0.143. The van der Waals surface area contributed by atoms with Crippen molar-refractivity contribution in [3.05, 3.63) is 23.8 Å². The van der Waals surface area contributed by atoms with Crippen molar-refractivity contribution in [2.75, 3.05) is 19.6 Å². The Labute approximate surface area is 155 Å². The molecule has 0 bridgehead atoms. The first kappa shape index (κ1) is 17.4. The van der Waals surface area contributed by atoms with E-state index in [2.05, 4.69) is 14.9 Å². The largest absolute Gasteiger partial charge is 0.342 e. The summed E-state index contributed by atoms with van der Waals surface area (Å²) in [5, 5.41) is 0. The van der Waals surface area contributed by atoms with Crippen LogP contribution in [-0.4, -0.2) is 51.2 Å². The average Bonchev–Trinajstić information content (AvgIpc) is 3.44. The van der Waals surface area contributed by atoms with Gasteiger partial charge in [-0.05, 0) is 44.9 Å². The van der Waals surface area contributed by atoms with Gasteiger partial charge in [0, 0.05) is 44.1 Å². The second kappa shape index (κ2) is 6.97. The third-order valence-corrected chi connectivity index (χ3v) is 6.11. The van der Waals surface area contributed by atoms with Crippen molar-refractivity contribution in [1.82, 2.24) is 19.8 Å². The predicted molar refractivity (Wildman–Crippen MR) is 97.0 cm³/mol. The normalized spacial score (nSPS) is 26.4. The van der Waals surface area contributed by atoms with Crippen LogP contribution in [0.5, 0.6) is 0 Å². The van der Waals surface area contributed by atoms with Crippen molar-refractivity contribution in [3.8, 4) is 0 Å². The lowest BCUT2D eigenvalue weighted by Crippen LogP contribution is -2.54. The van der Waals surface area contributed by atoms with Gasteiger partial charge in [0.2, 0.25) is 11.8 Å². The van der Waals surface area contributed by atoms with Crippen LogP contribution in [0.2, 0.25) is 0 Å². The molecular weight excluding hydrogens is 328 g/mol. The molecule has 6 nitrogen and oxygen atoms in total. The molecule has 1 atom stereocenters. The lowest BCUT2D eigenvalue weighted by atomic mass is 9.73. The van der Waals surface area contributed by atoms with Crippen LogP contribution >= 0.6 is 0 Å². The van der Waals surface area contributed by atoms with Crippen LogP contribution in [0.1, 0.15) is 56.3 Å². The molecule has 0 aromatic carbocycles. The monoisotopic (exact) mass is 356 g/mol. The van der Waals surface area contributed by atoms with Crippen LogP contribution in [0.4, 0.5) is 0 Å². The van der Waals surface area contributed by atoms with Crippen LogP contribution in [0, 0.1) is 18.3 Å². The highest BCUT2D eigenvalue weighted by molar-refractivity contribution is 5.78. The summed E-state index contributed by atoms with van der Waals surface area (Å²) in [6.45, 7) is 4.85. The van der Waals surface area contributed by atoms with Crippen molar-refractivity contribution in [2.24, 2.45) is 11.3 Å². The maximum Gasteiger partial charge on any atom is 0.222 e. The van der Waals surface area contributed by atoms with E-state index in [0.29, 0.717) is 24.8 Å². The van der Waals surface area contributed by atoms with Gasteiger partial charge in [0.1, 0.15) is 0 Å². The van der Waals surface area contributed by atoms with E-state index in [9.17, 15) is 9.59 Å². The van der Waals surface area contributed by atoms with Crippen molar-refractivity contribution in [2.45, 2.75) is 58.4 Å². The number of aromatic nitrogens is 2. The first-order valence-electron chi connectivity index (χ1n) is 9.86. The van der Waals surface area contributed by atoms with E-state index < -0.39 is 0 Å². The number of amides is 2. The topological polar surface area (TPSA) is 66.4 Å². The molecule has 4 rings (SSSR count). The fourth-order valence-electron chi connectivity index (χ4n) is 4.39. The van der Waals surface area contributed by atoms with E-state index in [1.807, 2.05) is 11.8 Å². The summed E-state index contributed by atoms with van der Waals surface area (Å²) in [5.74, 6) is 1.14. The molecule has 1 spiro atoms. The Morgan fingerprint density at radius 3 is 2.81 bits per heavy atom. The number of hydrogen-bond acceptors (Lipinski definition) is 4. The molecule has 3 heterocycles. The van der Waals surface area contributed by atoms with Gasteiger partial charge < -0.3 is 9.80 Å². The SMILES string of the molecule is Cc1cnc(CN2CC3(CCCN(C(=O)CC4CC4)C3)CCC2=O)cn1. The summed E-state index contributed by atoms with van der Waals surface area (Å²) >= 11 is 0. The fraction of sp³-hybridized carbons (Fsp3) is 0.700. The average molecular weight is 356 g/mol. The summed E-state index contributed by atoms with van der Waals surface area (Å²) in [6, 6.07) is 0. The van der Waals surface area contributed by atoms with Gasteiger partial charge in [0.25, 0.3) is 0 Å². The second-order valence-electron chi connectivity index (χ2n) is 8.47. The fourth-order valence-corrected chi connectivity index (χ4v) is 4.39. The van der Waals surface area contributed by atoms with Crippen LogP contribution in [0.3, 0.4) is 0 Å². The molecule has 3 fully saturated rings. The zero-order valence-electron chi connectivity index (χ0n) is 15.6. The Bertz CT molecular complexity index is 686. The number of likely N-dealkylation sites (tertiary alicyclic amines) is 2. The first-order chi connectivity index (χ1) is 12.5. The summed E-state index contributed by atoms with van der Waals surface area (Å²) in [7, 11) is 0. The molecule has 1 aromatic rings. The summed E-state index contributed by atoms with van der Waals surface area (Å²) in [5.41, 5.74) is 1.77. The van der Waals surface area contributed by atoms with Crippen molar-refractivity contribution in [3.63, 3.8) is 0 Å². The van der Waals surface area contributed by atoms with Gasteiger partial charge in [-0.1, -0.05) is 0 Å². The molecular formula is C20H28N4O2. The third-order valence-electron chi connectivity index (χ3n) is 6.11. The highest BCUT2D eigenvalue weighted by Crippen LogP contribution is 2.40. The van der Waals surface area contributed by atoms with Crippen molar-refractivity contribution < 1.29 is 9.59 Å². The zero-order chi connectivity index (χ0) is 18.1. The van der Waals surface area contributed by atoms with Gasteiger partial charge in [-0.3, -0.25) is 19.6 Å². The minimum Gasteiger partial charge on any atom is -0.342 e. The molecule has 2 aliphatic heterocycles.